The third kappa shape index (κ3) is 4.70. The number of benzene rings is 2. The van der Waals surface area contributed by atoms with Crippen LogP contribution in [0.5, 0.6) is 0 Å². The van der Waals surface area contributed by atoms with Crippen LogP contribution in [0, 0.1) is 13.8 Å². The molecule has 0 spiro atoms. The van der Waals surface area contributed by atoms with Gasteiger partial charge in [-0.25, -0.2) is 0 Å². The molecule has 0 heterocycles. The van der Waals surface area contributed by atoms with Crippen molar-refractivity contribution in [2.24, 2.45) is 0 Å². The van der Waals surface area contributed by atoms with Crippen LogP contribution in [0.25, 0.3) is 11.1 Å². The van der Waals surface area contributed by atoms with Crippen molar-refractivity contribution in [3.63, 3.8) is 0 Å². The van der Waals surface area contributed by atoms with E-state index in [4.69, 9.17) is 0 Å². The van der Waals surface area contributed by atoms with Crippen molar-refractivity contribution >= 4 is 0 Å². The summed E-state index contributed by atoms with van der Waals surface area (Å²) in [5.41, 5.74) is 8.48. The van der Waals surface area contributed by atoms with Gasteiger partial charge in [-0.15, -0.1) is 0 Å². The van der Waals surface area contributed by atoms with Gasteiger partial charge in [0, 0.05) is 0 Å². The van der Waals surface area contributed by atoms with Gasteiger partial charge in [-0.3, -0.25) is 0 Å². The highest BCUT2D eigenvalue weighted by Gasteiger charge is 2.15. The lowest BCUT2D eigenvalue weighted by Gasteiger charge is -2.21. The summed E-state index contributed by atoms with van der Waals surface area (Å²) in [5, 5.41) is 0. The molecule has 23 heavy (non-hydrogen) atoms. The summed E-state index contributed by atoms with van der Waals surface area (Å²) >= 11 is 0. The van der Waals surface area contributed by atoms with Crippen molar-refractivity contribution in [3.8, 4) is 11.1 Å². The average molecular weight is 311 g/mol. The van der Waals surface area contributed by atoms with Gasteiger partial charge in [0.05, 0.1) is 0 Å². The Morgan fingerprint density at radius 3 is 1.61 bits per heavy atom. The average Bonchev–Trinajstić information content (AvgIpc) is 2.48. The highest BCUT2D eigenvalue weighted by molar-refractivity contribution is 5.71. The Morgan fingerprint density at radius 2 is 1.22 bits per heavy atom. The second kappa shape index (κ2) is 7.81. The lowest BCUT2D eigenvalue weighted by atomic mass is 9.84. The summed E-state index contributed by atoms with van der Waals surface area (Å²) in [6.45, 7) is 19.7. The molecule has 0 aliphatic heterocycles. The first-order valence-corrected chi connectivity index (χ1v) is 8.92. The predicted octanol–water partition coefficient (Wildman–Crippen LogP) is 7.42. The van der Waals surface area contributed by atoms with E-state index in [1.807, 2.05) is 13.8 Å². The second-order valence-electron chi connectivity index (χ2n) is 7.51. The van der Waals surface area contributed by atoms with Gasteiger partial charge in [0.15, 0.2) is 0 Å². The van der Waals surface area contributed by atoms with Crippen molar-refractivity contribution in [3.05, 3.63) is 58.7 Å². The summed E-state index contributed by atoms with van der Waals surface area (Å²) in [6, 6.07) is 13.8. The fourth-order valence-electron chi connectivity index (χ4n) is 2.78. The standard InChI is InChI=1S/C21H28.C2H6/c1-14(2)17-8-10-19(15(3)12-17)20-11-9-18(13-16(20)4)21(5,6)7;1-2/h8-14H,1-7H3;1-2H3. The number of rotatable bonds is 2. The lowest BCUT2D eigenvalue weighted by molar-refractivity contribution is 0.590. The molecule has 0 radical (unpaired) electrons. The normalized spacial score (nSPS) is 11.2. The van der Waals surface area contributed by atoms with E-state index in [1.54, 1.807) is 0 Å². The highest BCUT2D eigenvalue weighted by Crippen LogP contribution is 2.32. The van der Waals surface area contributed by atoms with E-state index in [-0.39, 0.29) is 5.41 Å². The first-order valence-electron chi connectivity index (χ1n) is 8.92. The highest BCUT2D eigenvalue weighted by atomic mass is 14.2. The van der Waals surface area contributed by atoms with Gasteiger partial charge < -0.3 is 0 Å². The smallest absolute Gasteiger partial charge is 0.0132 e. The predicted molar refractivity (Wildman–Crippen MR) is 105 cm³/mol. The molecule has 0 fully saturated rings. The Morgan fingerprint density at radius 1 is 0.739 bits per heavy atom. The Bertz CT molecular complexity index is 640. The van der Waals surface area contributed by atoms with Crippen molar-refractivity contribution < 1.29 is 0 Å². The Labute approximate surface area is 144 Å². The number of hydrogen-bond donors (Lipinski definition) is 0. The monoisotopic (exact) mass is 310 g/mol. The van der Waals surface area contributed by atoms with Crippen LogP contribution in [0.2, 0.25) is 0 Å². The lowest BCUT2D eigenvalue weighted by Crippen LogP contribution is -2.11. The van der Waals surface area contributed by atoms with E-state index in [2.05, 4.69) is 84.9 Å². The quantitative estimate of drug-likeness (QED) is 0.541. The van der Waals surface area contributed by atoms with Crippen LogP contribution in [0.1, 0.15) is 76.6 Å². The van der Waals surface area contributed by atoms with Crippen molar-refractivity contribution in [1.82, 2.24) is 0 Å². The van der Waals surface area contributed by atoms with Gasteiger partial charge in [0.1, 0.15) is 0 Å². The number of hydrogen-bond acceptors (Lipinski definition) is 0. The molecule has 0 unspecified atom stereocenters. The summed E-state index contributed by atoms with van der Waals surface area (Å²) in [6.07, 6.45) is 0. The van der Waals surface area contributed by atoms with Crippen LogP contribution in [-0.2, 0) is 5.41 Å². The van der Waals surface area contributed by atoms with Gasteiger partial charge in [-0.2, -0.15) is 0 Å². The summed E-state index contributed by atoms with van der Waals surface area (Å²) in [5.74, 6) is 0.585. The first kappa shape index (κ1) is 19.5. The van der Waals surface area contributed by atoms with Gasteiger partial charge >= 0.3 is 0 Å². The second-order valence-corrected chi connectivity index (χ2v) is 7.51. The Kier molecular flexibility index (Phi) is 6.62. The maximum atomic E-state index is 2.34. The van der Waals surface area contributed by atoms with E-state index in [9.17, 15) is 0 Å². The van der Waals surface area contributed by atoms with Gasteiger partial charge in [0.25, 0.3) is 0 Å². The van der Waals surface area contributed by atoms with Gasteiger partial charge in [-0.05, 0) is 58.6 Å². The largest absolute Gasteiger partial charge is 0.0683 e. The third-order valence-corrected chi connectivity index (χ3v) is 4.30. The molecular formula is C23H34. The summed E-state index contributed by atoms with van der Waals surface area (Å²) in [4.78, 5) is 0. The van der Waals surface area contributed by atoms with Crippen LogP contribution in [0.3, 0.4) is 0 Å². The third-order valence-electron chi connectivity index (χ3n) is 4.30. The fraction of sp³-hybridized carbons (Fsp3) is 0.478. The van der Waals surface area contributed by atoms with E-state index in [0.717, 1.165) is 0 Å². The maximum Gasteiger partial charge on any atom is -0.0132 e. The zero-order chi connectivity index (χ0) is 17.8. The Hall–Kier alpha value is -1.56. The van der Waals surface area contributed by atoms with Crippen LogP contribution in [0.15, 0.2) is 36.4 Å². The van der Waals surface area contributed by atoms with Crippen molar-refractivity contribution in [1.29, 1.82) is 0 Å². The minimum absolute atomic E-state index is 0.208. The summed E-state index contributed by atoms with van der Waals surface area (Å²) in [7, 11) is 0. The molecule has 0 bridgehead atoms. The van der Waals surface area contributed by atoms with Crippen LogP contribution >= 0.6 is 0 Å². The fourth-order valence-corrected chi connectivity index (χ4v) is 2.78. The minimum Gasteiger partial charge on any atom is -0.0683 e. The molecule has 2 rings (SSSR count). The molecule has 2 aromatic rings. The van der Waals surface area contributed by atoms with Crippen molar-refractivity contribution in [2.45, 2.75) is 73.6 Å². The molecular weight excluding hydrogens is 276 g/mol. The van der Waals surface area contributed by atoms with Gasteiger partial charge in [0.2, 0.25) is 0 Å². The SMILES string of the molecule is CC.Cc1cc(C(C)C)ccc1-c1ccc(C(C)(C)C)cc1C. The Balaban J connectivity index is 0.00000127. The molecule has 0 N–H and O–H groups in total. The molecule has 126 valence electrons. The molecule has 0 saturated carbocycles. The topological polar surface area (TPSA) is 0 Å². The van der Waals surface area contributed by atoms with Crippen LogP contribution < -0.4 is 0 Å². The molecule has 0 atom stereocenters. The minimum atomic E-state index is 0.208. The van der Waals surface area contributed by atoms with E-state index < -0.39 is 0 Å². The van der Waals surface area contributed by atoms with Crippen LogP contribution in [0.4, 0.5) is 0 Å². The molecule has 0 amide bonds. The number of aryl methyl sites for hydroxylation is 2. The van der Waals surface area contributed by atoms with E-state index in [1.165, 1.54) is 33.4 Å². The zero-order valence-electron chi connectivity index (χ0n) is 16.5. The zero-order valence-corrected chi connectivity index (χ0v) is 16.5. The van der Waals surface area contributed by atoms with E-state index in [0.29, 0.717) is 5.92 Å². The molecule has 0 aliphatic carbocycles. The molecule has 0 saturated heterocycles. The molecule has 0 aliphatic rings. The molecule has 0 nitrogen and oxygen atoms in total. The molecule has 0 heteroatoms. The van der Waals surface area contributed by atoms with Crippen LogP contribution in [-0.4, -0.2) is 0 Å². The summed E-state index contributed by atoms with van der Waals surface area (Å²) < 4.78 is 0. The molecule has 2 aromatic carbocycles. The van der Waals surface area contributed by atoms with Gasteiger partial charge in [-0.1, -0.05) is 84.9 Å². The maximum absolute atomic E-state index is 2.34. The van der Waals surface area contributed by atoms with Crippen molar-refractivity contribution in [2.75, 3.05) is 0 Å². The van der Waals surface area contributed by atoms with E-state index >= 15 is 0 Å². The first-order chi connectivity index (χ1) is 10.7. The molecule has 0 aromatic heterocycles.